The SMILES string of the molecule is O=c1[nH]nc(-c2ccc(F)cc2)c2c1Nc1nnnn1C2c1cccc(F)c1. The molecule has 2 N–H and O–H groups in total. The fourth-order valence-corrected chi connectivity index (χ4v) is 3.35. The van der Waals surface area contributed by atoms with Gasteiger partial charge in [0.05, 0.1) is 5.69 Å². The van der Waals surface area contributed by atoms with Crippen LogP contribution in [-0.4, -0.2) is 30.4 Å². The second-order valence-corrected chi connectivity index (χ2v) is 6.23. The molecule has 0 spiro atoms. The molecular weight excluding hydrogens is 368 g/mol. The number of halogens is 2. The summed E-state index contributed by atoms with van der Waals surface area (Å²) in [7, 11) is 0. The van der Waals surface area contributed by atoms with Crippen molar-refractivity contribution >= 4 is 11.6 Å². The van der Waals surface area contributed by atoms with Crippen LogP contribution in [0.4, 0.5) is 20.4 Å². The lowest BCUT2D eigenvalue weighted by Crippen LogP contribution is -2.29. The van der Waals surface area contributed by atoms with E-state index in [-0.39, 0.29) is 11.6 Å². The van der Waals surface area contributed by atoms with Gasteiger partial charge in [-0.1, -0.05) is 17.2 Å². The van der Waals surface area contributed by atoms with Crippen molar-refractivity contribution in [1.82, 2.24) is 30.4 Å². The number of hydrogen-bond acceptors (Lipinski definition) is 6. The highest BCUT2D eigenvalue weighted by Crippen LogP contribution is 2.40. The number of nitrogens with one attached hydrogen (secondary N) is 2. The molecule has 0 fully saturated rings. The van der Waals surface area contributed by atoms with Gasteiger partial charge in [0, 0.05) is 11.1 Å². The third-order valence-electron chi connectivity index (χ3n) is 4.55. The number of rotatable bonds is 2. The average molecular weight is 379 g/mol. The van der Waals surface area contributed by atoms with Crippen LogP contribution in [0.2, 0.25) is 0 Å². The Morgan fingerprint density at radius 3 is 2.64 bits per heavy atom. The summed E-state index contributed by atoms with van der Waals surface area (Å²) in [5.74, 6) is -0.596. The van der Waals surface area contributed by atoms with Crippen molar-refractivity contribution in [2.75, 3.05) is 5.32 Å². The number of anilines is 2. The largest absolute Gasteiger partial charge is 0.318 e. The molecule has 4 aromatic rings. The van der Waals surface area contributed by atoms with E-state index in [4.69, 9.17) is 0 Å². The molecule has 1 atom stereocenters. The summed E-state index contributed by atoms with van der Waals surface area (Å²) in [4.78, 5) is 12.5. The summed E-state index contributed by atoms with van der Waals surface area (Å²) in [5, 5.41) is 21.0. The molecule has 2 aromatic carbocycles. The number of benzene rings is 2. The highest BCUT2D eigenvalue weighted by atomic mass is 19.1. The van der Waals surface area contributed by atoms with Gasteiger partial charge in [-0.05, 0) is 52.4 Å². The van der Waals surface area contributed by atoms with Gasteiger partial charge in [0.25, 0.3) is 5.56 Å². The zero-order valence-electron chi connectivity index (χ0n) is 14.1. The van der Waals surface area contributed by atoms with Crippen molar-refractivity contribution in [2.24, 2.45) is 0 Å². The Morgan fingerprint density at radius 1 is 1.04 bits per heavy atom. The number of nitrogens with zero attached hydrogens (tertiary/aromatic N) is 5. The van der Waals surface area contributed by atoms with Crippen LogP contribution < -0.4 is 10.9 Å². The Kier molecular flexibility index (Phi) is 3.51. The van der Waals surface area contributed by atoms with Gasteiger partial charge in [-0.15, -0.1) is 0 Å². The van der Waals surface area contributed by atoms with Crippen LogP contribution >= 0.6 is 0 Å². The van der Waals surface area contributed by atoms with E-state index in [9.17, 15) is 13.6 Å². The van der Waals surface area contributed by atoms with Gasteiger partial charge >= 0.3 is 0 Å². The van der Waals surface area contributed by atoms with Crippen LogP contribution in [0.3, 0.4) is 0 Å². The highest BCUT2D eigenvalue weighted by molar-refractivity contribution is 5.75. The standard InChI is InChI=1S/C18H11F2N7O/c19-11-6-4-9(5-7-11)14-13-15(17(28)23-22-14)21-18-24-25-26-27(18)16(13)10-2-1-3-12(20)8-10/h1-8,16H,(H,23,28)(H,21,24,26). The molecule has 1 aliphatic rings. The molecule has 0 saturated carbocycles. The lowest BCUT2D eigenvalue weighted by atomic mass is 9.92. The van der Waals surface area contributed by atoms with Crippen LogP contribution in [0.15, 0.2) is 53.3 Å². The predicted molar refractivity (Wildman–Crippen MR) is 95.0 cm³/mol. The first-order valence-corrected chi connectivity index (χ1v) is 8.30. The zero-order valence-corrected chi connectivity index (χ0v) is 14.1. The Balaban J connectivity index is 1.82. The molecule has 1 aliphatic heterocycles. The van der Waals surface area contributed by atoms with Gasteiger partial charge in [0.15, 0.2) is 0 Å². The maximum Gasteiger partial charge on any atom is 0.288 e. The lowest BCUT2D eigenvalue weighted by Gasteiger charge is -2.27. The van der Waals surface area contributed by atoms with Crippen LogP contribution in [0.5, 0.6) is 0 Å². The Hall–Kier alpha value is -3.95. The smallest absolute Gasteiger partial charge is 0.288 e. The van der Waals surface area contributed by atoms with Gasteiger partial charge in [-0.2, -0.15) is 9.78 Å². The minimum atomic E-state index is -0.702. The van der Waals surface area contributed by atoms with E-state index in [1.54, 1.807) is 24.3 Å². The Bertz CT molecular complexity index is 1250. The normalized spacial score (nSPS) is 14.9. The molecule has 0 bridgehead atoms. The summed E-state index contributed by atoms with van der Waals surface area (Å²) < 4.78 is 28.8. The second kappa shape index (κ2) is 6.05. The van der Waals surface area contributed by atoms with Crippen molar-refractivity contribution in [1.29, 1.82) is 0 Å². The van der Waals surface area contributed by atoms with E-state index in [1.165, 1.54) is 28.9 Å². The van der Waals surface area contributed by atoms with E-state index in [2.05, 4.69) is 31.0 Å². The van der Waals surface area contributed by atoms with Gasteiger partial charge in [-0.25, -0.2) is 13.9 Å². The maximum absolute atomic E-state index is 13.9. The molecule has 0 aliphatic carbocycles. The van der Waals surface area contributed by atoms with Crippen molar-refractivity contribution in [3.8, 4) is 11.3 Å². The number of H-pyrrole nitrogens is 1. The van der Waals surface area contributed by atoms with E-state index < -0.39 is 23.2 Å². The van der Waals surface area contributed by atoms with Crippen LogP contribution in [0.25, 0.3) is 11.3 Å². The number of tetrazole rings is 1. The summed E-state index contributed by atoms with van der Waals surface area (Å²) in [6, 6.07) is 10.9. The van der Waals surface area contributed by atoms with E-state index in [0.717, 1.165) is 0 Å². The molecule has 10 heteroatoms. The number of aromatic amines is 1. The van der Waals surface area contributed by atoms with Gasteiger partial charge in [0.2, 0.25) is 5.95 Å². The van der Waals surface area contributed by atoms with Gasteiger partial charge < -0.3 is 5.32 Å². The van der Waals surface area contributed by atoms with Crippen molar-refractivity contribution in [2.45, 2.75) is 6.04 Å². The molecule has 28 heavy (non-hydrogen) atoms. The van der Waals surface area contributed by atoms with E-state index in [0.29, 0.717) is 22.4 Å². The molecule has 2 aromatic heterocycles. The highest BCUT2D eigenvalue weighted by Gasteiger charge is 2.34. The molecule has 0 radical (unpaired) electrons. The minimum absolute atomic E-state index is 0.200. The quantitative estimate of drug-likeness (QED) is 0.488. The minimum Gasteiger partial charge on any atom is -0.318 e. The molecule has 0 amide bonds. The van der Waals surface area contributed by atoms with Crippen LogP contribution in [-0.2, 0) is 0 Å². The van der Waals surface area contributed by atoms with E-state index >= 15 is 0 Å². The van der Waals surface area contributed by atoms with E-state index in [1.807, 2.05) is 0 Å². The number of aromatic nitrogens is 6. The number of fused-ring (bicyclic) bond motifs is 2. The lowest BCUT2D eigenvalue weighted by molar-refractivity contribution is 0.560. The van der Waals surface area contributed by atoms with Crippen molar-refractivity contribution in [3.05, 3.63) is 81.6 Å². The topological polar surface area (TPSA) is 101 Å². The van der Waals surface area contributed by atoms with Crippen molar-refractivity contribution < 1.29 is 8.78 Å². The first kappa shape index (κ1) is 16.2. The third-order valence-corrected chi connectivity index (χ3v) is 4.55. The molecular formula is C18H11F2N7O. The fraction of sp³-hybridized carbons (Fsp3) is 0.0556. The monoisotopic (exact) mass is 379 g/mol. The molecule has 5 rings (SSSR count). The number of hydrogen-bond donors (Lipinski definition) is 2. The molecule has 138 valence electrons. The average Bonchev–Trinajstić information content (AvgIpc) is 3.16. The maximum atomic E-state index is 13.9. The summed E-state index contributed by atoms with van der Waals surface area (Å²) >= 11 is 0. The van der Waals surface area contributed by atoms with Gasteiger partial charge in [0.1, 0.15) is 23.4 Å². The van der Waals surface area contributed by atoms with Crippen LogP contribution in [0.1, 0.15) is 17.2 Å². The fourth-order valence-electron chi connectivity index (χ4n) is 3.35. The molecule has 8 nitrogen and oxygen atoms in total. The Morgan fingerprint density at radius 2 is 1.86 bits per heavy atom. The first-order valence-electron chi connectivity index (χ1n) is 8.30. The second-order valence-electron chi connectivity index (χ2n) is 6.23. The first-order chi connectivity index (χ1) is 13.6. The molecule has 1 unspecified atom stereocenters. The summed E-state index contributed by atoms with van der Waals surface area (Å²) in [6.45, 7) is 0. The van der Waals surface area contributed by atoms with Crippen LogP contribution in [0, 0.1) is 11.6 Å². The predicted octanol–water partition coefficient (Wildman–Crippen LogP) is 2.40. The van der Waals surface area contributed by atoms with Gasteiger partial charge in [-0.3, -0.25) is 4.79 Å². The summed E-state index contributed by atoms with van der Waals surface area (Å²) in [6.07, 6.45) is 0. The molecule has 0 saturated heterocycles. The Labute approximate surface area is 155 Å². The summed E-state index contributed by atoms with van der Waals surface area (Å²) in [5.41, 5.74) is 1.70. The molecule has 3 heterocycles. The van der Waals surface area contributed by atoms with Crippen molar-refractivity contribution in [3.63, 3.8) is 0 Å². The zero-order chi connectivity index (χ0) is 19.3. The third kappa shape index (κ3) is 2.46.